The maximum atomic E-state index is 12.5. The Morgan fingerprint density at radius 2 is 1.85 bits per heavy atom. The highest BCUT2D eigenvalue weighted by Gasteiger charge is 2.23. The van der Waals surface area contributed by atoms with Gasteiger partial charge in [-0.2, -0.15) is 0 Å². The molecule has 0 saturated heterocycles. The highest BCUT2D eigenvalue weighted by Crippen LogP contribution is 2.25. The molecule has 0 aromatic heterocycles. The Morgan fingerprint density at radius 3 is 2.37 bits per heavy atom. The summed E-state index contributed by atoms with van der Waals surface area (Å²) in [6.07, 6.45) is 1.07. The van der Waals surface area contributed by atoms with Gasteiger partial charge in [-0.1, -0.05) is 23.7 Å². The van der Waals surface area contributed by atoms with Crippen LogP contribution in [-0.4, -0.2) is 34.2 Å². The van der Waals surface area contributed by atoms with E-state index < -0.39 is 15.9 Å². The van der Waals surface area contributed by atoms with Crippen molar-refractivity contribution in [1.29, 1.82) is 0 Å². The van der Waals surface area contributed by atoms with E-state index >= 15 is 0 Å². The molecule has 27 heavy (non-hydrogen) atoms. The van der Waals surface area contributed by atoms with E-state index in [-0.39, 0.29) is 12.6 Å². The number of nitrogens with one attached hydrogen (secondary N) is 1. The molecule has 1 atom stereocenters. The molecule has 1 N–H and O–H groups in total. The topological polar surface area (TPSA) is 75.7 Å². The summed E-state index contributed by atoms with van der Waals surface area (Å²) in [5.41, 5.74) is 1.98. The Morgan fingerprint density at radius 1 is 1.22 bits per heavy atom. The molecule has 2 rings (SSSR count). The third-order valence-corrected chi connectivity index (χ3v) is 5.47. The van der Waals surface area contributed by atoms with E-state index in [2.05, 4.69) is 5.32 Å². The van der Waals surface area contributed by atoms with E-state index in [0.717, 1.165) is 21.9 Å². The standard InChI is InChI=1S/C19H23ClN2O4S/c1-13-11-16(20)7-10-18(13)22(27(4,24)25)12-19(23)21-14(2)15-5-8-17(26-3)9-6-15/h5-11,14H,12H2,1-4H3,(H,21,23)/t14-/m0/s1. The fourth-order valence-corrected chi connectivity index (χ4v) is 3.81. The fraction of sp³-hybridized carbons (Fsp3) is 0.316. The van der Waals surface area contributed by atoms with E-state index in [0.29, 0.717) is 16.3 Å². The zero-order valence-corrected chi connectivity index (χ0v) is 17.3. The monoisotopic (exact) mass is 410 g/mol. The summed E-state index contributed by atoms with van der Waals surface area (Å²) in [4.78, 5) is 12.5. The maximum Gasteiger partial charge on any atom is 0.241 e. The van der Waals surface area contributed by atoms with Gasteiger partial charge in [-0.25, -0.2) is 8.42 Å². The predicted molar refractivity (Wildman–Crippen MR) is 108 cm³/mol. The molecule has 6 nitrogen and oxygen atoms in total. The van der Waals surface area contributed by atoms with E-state index in [1.807, 2.05) is 19.1 Å². The molecule has 0 aliphatic heterocycles. The van der Waals surface area contributed by atoms with Gasteiger partial charge in [0.15, 0.2) is 0 Å². The van der Waals surface area contributed by atoms with Crippen LogP contribution in [0.1, 0.15) is 24.1 Å². The van der Waals surface area contributed by atoms with Crippen molar-refractivity contribution in [3.8, 4) is 5.75 Å². The quantitative estimate of drug-likeness (QED) is 0.759. The number of methoxy groups -OCH3 is 1. The molecule has 0 aliphatic carbocycles. The molecule has 0 spiro atoms. The van der Waals surface area contributed by atoms with Gasteiger partial charge in [0.25, 0.3) is 0 Å². The van der Waals surface area contributed by atoms with E-state index in [1.54, 1.807) is 44.4 Å². The first kappa shape index (κ1) is 21.1. The van der Waals surface area contributed by atoms with Crippen LogP contribution in [0.15, 0.2) is 42.5 Å². The van der Waals surface area contributed by atoms with Gasteiger partial charge in [0.1, 0.15) is 12.3 Å². The minimum Gasteiger partial charge on any atom is -0.497 e. The molecule has 0 fully saturated rings. The number of carbonyl (C=O) groups excluding carboxylic acids is 1. The lowest BCUT2D eigenvalue weighted by molar-refractivity contribution is -0.120. The average molecular weight is 411 g/mol. The number of anilines is 1. The smallest absolute Gasteiger partial charge is 0.241 e. The van der Waals surface area contributed by atoms with Crippen molar-refractivity contribution in [2.75, 3.05) is 24.2 Å². The number of halogens is 1. The molecule has 0 bridgehead atoms. The molecule has 2 aromatic rings. The van der Waals surface area contributed by atoms with Crippen LogP contribution in [0, 0.1) is 6.92 Å². The number of aryl methyl sites for hydroxylation is 1. The SMILES string of the molecule is COc1ccc([C@H](C)NC(=O)CN(c2ccc(Cl)cc2C)S(C)(=O)=O)cc1. The number of rotatable bonds is 7. The first-order chi connectivity index (χ1) is 12.6. The van der Waals surface area contributed by atoms with Gasteiger partial charge in [-0.3, -0.25) is 9.10 Å². The molecular weight excluding hydrogens is 388 g/mol. The Hall–Kier alpha value is -2.25. The third-order valence-electron chi connectivity index (χ3n) is 4.11. The molecule has 0 unspecified atom stereocenters. The number of carbonyl (C=O) groups is 1. The Kier molecular flexibility index (Phi) is 6.73. The summed E-state index contributed by atoms with van der Waals surface area (Å²) in [6.45, 7) is 3.26. The summed E-state index contributed by atoms with van der Waals surface area (Å²) < 4.78 is 30.7. The number of nitrogens with zero attached hydrogens (tertiary/aromatic N) is 1. The molecule has 0 radical (unpaired) electrons. The van der Waals surface area contributed by atoms with Crippen LogP contribution < -0.4 is 14.4 Å². The lowest BCUT2D eigenvalue weighted by Crippen LogP contribution is -2.41. The Labute approximate surface area is 165 Å². The van der Waals surface area contributed by atoms with Crippen LogP contribution in [-0.2, 0) is 14.8 Å². The van der Waals surface area contributed by atoms with Crippen molar-refractivity contribution in [2.24, 2.45) is 0 Å². The largest absolute Gasteiger partial charge is 0.497 e. The van der Waals surface area contributed by atoms with Gasteiger partial charge in [0, 0.05) is 5.02 Å². The molecule has 0 aliphatic rings. The second kappa shape index (κ2) is 8.63. The van der Waals surface area contributed by atoms with Gasteiger partial charge in [-0.15, -0.1) is 0 Å². The molecule has 1 amide bonds. The van der Waals surface area contributed by atoms with E-state index in [1.165, 1.54) is 0 Å². The lowest BCUT2D eigenvalue weighted by atomic mass is 10.1. The molecule has 0 heterocycles. The number of benzene rings is 2. The van der Waals surface area contributed by atoms with Crippen LogP contribution in [0.3, 0.4) is 0 Å². The minimum atomic E-state index is -3.64. The van der Waals surface area contributed by atoms with Gasteiger partial charge in [0.05, 0.1) is 25.1 Å². The predicted octanol–water partition coefficient (Wildman–Crippen LogP) is 3.30. The summed E-state index contributed by atoms with van der Waals surface area (Å²) >= 11 is 5.94. The van der Waals surface area contributed by atoms with E-state index in [4.69, 9.17) is 16.3 Å². The highest BCUT2D eigenvalue weighted by molar-refractivity contribution is 7.92. The summed E-state index contributed by atoms with van der Waals surface area (Å²) in [7, 11) is -2.06. The van der Waals surface area contributed by atoms with Crippen LogP contribution in [0.5, 0.6) is 5.75 Å². The molecular formula is C19H23ClN2O4S. The molecule has 0 saturated carbocycles. The summed E-state index contributed by atoms with van der Waals surface area (Å²) in [5, 5.41) is 3.33. The second-order valence-corrected chi connectivity index (χ2v) is 8.61. The van der Waals surface area contributed by atoms with Crippen LogP contribution in [0.4, 0.5) is 5.69 Å². The van der Waals surface area contributed by atoms with Crippen LogP contribution in [0.25, 0.3) is 0 Å². The summed E-state index contributed by atoms with van der Waals surface area (Å²) in [6, 6.07) is 11.9. The number of hydrogen-bond acceptors (Lipinski definition) is 4. The third kappa shape index (κ3) is 5.61. The highest BCUT2D eigenvalue weighted by atomic mass is 35.5. The minimum absolute atomic E-state index is 0.281. The van der Waals surface area contributed by atoms with Crippen molar-refractivity contribution in [3.63, 3.8) is 0 Å². The van der Waals surface area contributed by atoms with Crippen molar-refractivity contribution >= 4 is 33.2 Å². The van der Waals surface area contributed by atoms with Crippen molar-refractivity contribution in [2.45, 2.75) is 19.9 Å². The molecule has 2 aromatic carbocycles. The van der Waals surface area contributed by atoms with Crippen molar-refractivity contribution < 1.29 is 17.9 Å². The molecule has 146 valence electrons. The molecule has 8 heteroatoms. The van der Waals surface area contributed by atoms with Crippen molar-refractivity contribution in [1.82, 2.24) is 5.32 Å². The maximum absolute atomic E-state index is 12.5. The normalized spacial score (nSPS) is 12.3. The number of ether oxygens (including phenoxy) is 1. The van der Waals surface area contributed by atoms with E-state index in [9.17, 15) is 13.2 Å². The van der Waals surface area contributed by atoms with Gasteiger partial charge >= 0.3 is 0 Å². The Balaban J connectivity index is 2.16. The Bertz CT molecular complexity index is 914. The number of sulfonamides is 1. The van der Waals surface area contributed by atoms with Gasteiger partial charge in [0.2, 0.25) is 15.9 Å². The van der Waals surface area contributed by atoms with Gasteiger partial charge < -0.3 is 10.1 Å². The van der Waals surface area contributed by atoms with Crippen LogP contribution in [0.2, 0.25) is 5.02 Å². The lowest BCUT2D eigenvalue weighted by Gasteiger charge is -2.25. The number of hydrogen-bond donors (Lipinski definition) is 1. The second-order valence-electron chi connectivity index (χ2n) is 6.26. The van der Waals surface area contributed by atoms with Crippen molar-refractivity contribution in [3.05, 3.63) is 58.6 Å². The fourth-order valence-electron chi connectivity index (χ4n) is 2.67. The number of amides is 1. The first-order valence-electron chi connectivity index (χ1n) is 8.29. The first-order valence-corrected chi connectivity index (χ1v) is 10.5. The average Bonchev–Trinajstić information content (AvgIpc) is 2.59. The zero-order chi connectivity index (χ0) is 20.2. The van der Waals surface area contributed by atoms with Crippen LogP contribution >= 0.6 is 11.6 Å². The van der Waals surface area contributed by atoms with Gasteiger partial charge in [-0.05, 0) is 55.3 Å². The summed E-state index contributed by atoms with van der Waals surface area (Å²) in [5.74, 6) is 0.317. The zero-order valence-electron chi connectivity index (χ0n) is 15.7.